The zero-order chi connectivity index (χ0) is 21.9. The second-order valence-corrected chi connectivity index (χ2v) is 7.55. The average Bonchev–Trinajstić information content (AvgIpc) is 3.19. The summed E-state index contributed by atoms with van der Waals surface area (Å²) in [5.74, 6) is 0.361. The number of fused-ring (bicyclic) bond motifs is 1. The third kappa shape index (κ3) is 4.02. The van der Waals surface area contributed by atoms with Crippen molar-refractivity contribution in [2.45, 2.75) is 0 Å². The van der Waals surface area contributed by atoms with Gasteiger partial charge in [0.05, 0.1) is 11.9 Å². The van der Waals surface area contributed by atoms with Gasteiger partial charge in [0.15, 0.2) is 11.7 Å². The molecule has 0 aliphatic carbocycles. The van der Waals surface area contributed by atoms with Crippen LogP contribution in [0.2, 0.25) is 0 Å². The number of pyridine rings is 1. The summed E-state index contributed by atoms with van der Waals surface area (Å²) in [5.41, 5.74) is 7.99. The van der Waals surface area contributed by atoms with Crippen molar-refractivity contribution in [3.63, 3.8) is 0 Å². The highest BCUT2D eigenvalue weighted by Gasteiger charge is 2.27. The second kappa shape index (κ2) is 8.50. The highest BCUT2D eigenvalue weighted by Crippen LogP contribution is 2.24. The van der Waals surface area contributed by atoms with Crippen LogP contribution in [0.1, 0.15) is 5.56 Å². The number of hydrogen-bond acceptors (Lipinski definition) is 6. The van der Waals surface area contributed by atoms with Crippen LogP contribution in [0.5, 0.6) is 0 Å². The van der Waals surface area contributed by atoms with Crippen molar-refractivity contribution in [3.8, 4) is 0 Å². The molecule has 8 nitrogen and oxygen atoms in total. The lowest BCUT2D eigenvalue weighted by Gasteiger charge is -2.34. The summed E-state index contributed by atoms with van der Waals surface area (Å²) >= 11 is 0. The van der Waals surface area contributed by atoms with E-state index in [4.69, 9.17) is 10.5 Å². The molecule has 0 bridgehead atoms. The predicted molar refractivity (Wildman–Crippen MR) is 123 cm³/mol. The van der Waals surface area contributed by atoms with Crippen LogP contribution in [0.3, 0.4) is 0 Å². The Morgan fingerprint density at radius 1 is 1.03 bits per heavy atom. The molecule has 0 saturated carbocycles. The standard InChI is InChI=1S/C24H22N6O2/c25-24(27-18-7-4-10-26-15-18)30-13-11-29(12-14-30)16-21-23(31)32-22(28-21)20-9-3-6-17-5-1-2-8-19(17)20/h1-10,15-16H,11-14H2,(H2,25,27). The molecule has 0 spiro atoms. The summed E-state index contributed by atoms with van der Waals surface area (Å²) in [5, 5.41) is 2.07. The Labute approximate surface area is 185 Å². The minimum absolute atomic E-state index is 0.304. The van der Waals surface area contributed by atoms with E-state index in [1.165, 1.54) is 0 Å². The van der Waals surface area contributed by atoms with E-state index in [0.717, 1.165) is 22.0 Å². The number of nitrogens with zero attached hydrogens (tertiary/aromatic N) is 5. The normalized spacial score (nSPS) is 18.2. The Morgan fingerprint density at radius 2 is 1.84 bits per heavy atom. The first kappa shape index (κ1) is 19.7. The minimum atomic E-state index is -0.437. The number of cyclic esters (lactones) is 1. The second-order valence-electron chi connectivity index (χ2n) is 7.55. The summed E-state index contributed by atoms with van der Waals surface area (Å²) in [7, 11) is 0. The molecule has 0 amide bonds. The van der Waals surface area contributed by atoms with Gasteiger partial charge in [0.25, 0.3) is 0 Å². The van der Waals surface area contributed by atoms with Crippen molar-refractivity contribution in [3.05, 3.63) is 84.5 Å². The zero-order valence-electron chi connectivity index (χ0n) is 17.4. The number of esters is 1. The maximum Gasteiger partial charge on any atom is 0.365 e. The predicted octanol–water partition coefficient (Wildman–Crippen LogP) is 2.64. The fraction of sp³-hybridized carbons (Fsp3) is 0.167. The number of aromatic nitrogens is 1. The van der Waals surface area contributed by atoms with Crippen molar-refractivity contribution in [2.75, 3.05) is 26.2 Å². The Bertz CT molecular complexity index is 1240. The highest BCUT2D eigenvalue weighted by molar-refractivity contribution is 6.16. The molecular weight excluding hydrogens is 404 g/mol. The van der Waals surface area contributed by atoms with E-state index in [9.17, 15) is 4.79 Å². The topological polar surface area (TPSA) is 96.4 Å². The first-order valence-electron chi connectivity index (χ1n) is 10.4. The van der Waals surface area contributed by atoms with Crippen molar-refractivity contribution in [1.82, 2.24) is 14.8 Å². The van der Waals surface area contributed by atoms with Gasteiger partial charge in [0.2, 0.25) is 5.90 Å². The summed E-state index contributed by atoms with van der Waals surface area (Å²) in [6.45, 7) is 2.76. The van der Waals surface area contributed by atoms with Gasteiger partial charge in [-0.15, -0.1) is 0 Å². The van der Waals surface area contributed by atoms with Crippen LogP contribution >= 0.6 is 0 Å². The largest absolute Gasteiger partial charge is 0.402 e. The number of piperazine rings is 1. The number of carbonyl (C=O) groups is 1. The Kier molecular flexibility index (Phi) is 5.25. The van der Waals surface area contributed by atoms with Crippen LogP contribution in [0.15, 0.2) is 88.9 Å². The molecule has 1 fully saturated rings. The molecule has 8 heteroatoms. The molecule has 2 aliphatic rings. The van der Waals surface area contributed by atoms with Gasteiger partial charge >= 0.3 is 5.97 Å². The average molecular weight is 426 g/mol. The van der Waals surface area contributed by atoms with Gasteiger partial charge in [0, 0.05) is 44.1 Å². The van der Waals surface area contributed by atoms with Crippen LogP contribution in [-0.4, -0.2) is 58.8 Å². The lowest BCUT2D eigenvalue weighted by molar-refractivity contribution is -0.130. The van der Waals surface area contributed by atoms with E-state index in [0.29, 0.717) is 43.7 Å². The fourth-order valence-corrected chi connectivity index (χ4v) is 3.80. The summed E-state index contributed by atoms with van der Waals surface area (Å²) < 4.78 is 5.50. The van der Waals surface area contributed by atoms with Crippen molar-refractivity contribution >= 4 is 34.3 Å². The Hall–Kier alpha value is -4.20. The van der Waals surface area contributed by atoms with Gasteiger partial charge in [-0.3, -0.25) is 4.98 Å². The number of carbonyl (C=O) groups excluding carboxylic acids is 1. The molecule has 160 valence electrons. The lowest BCUT2D eigenvalue weighted by atomic mass is 10.0. The molecule has 2 N–H and O–H groups in total. The maximum absolute atomic E-state index is 12.5. The molecule has 1 aromatic heterocycles. The molecule has 3 aromatic rings. The molecular formula is C24H22N6O2. The number of ether oxygens (including phenoxy) is 1. The number of rotatable bonds is 3. The molecule has 0 radical (unpaired) electrons. The van der Waals surface area contributed by atoms with Crippen molar-refractivity contribution in [1.29, 1.82) is 0 Å². The van der Waals surface area contributed by atoms with Crippen LogP contribution in [0.4, 0.5) is 5.69 Å². The maximum atomic E-state index is 12.5. The van der Waals surface area contributed by atoms with Gasteiger partial charge in [-0.25, -0.2) is 14.8 Å². The number of hydrogen-bond donors (Lipinski definition) is 1. The van der Waals surface area contributed by atoms with E-state index in [2.05, 4.69) is 19.9 Å². The van der Waals surface area contributed by atoms with Gasteiger partial charge in [-0.1, -0.05) is 36.4 Å². The highest BCUT2D eigenvalue weighted by atomic mass is 16.6. The molecule has 0 unspecified atom stereocenters. The summed E-state index contributed by atoms with van der Waals surface area (Å²) in [6.07, 6.45) is 5.14. The van der Waals surface area contributed by atoms with Crippen LogP contribution in [-0.2, 0) is 9.53 Å². The number of guanidine groups is 1. The first-order chi connectivity index (χ1) is 15.7. The van der Waals surface area contributed by atoms with E-state index in [1.807, 2.05) is 59.5 Å². The monoisotopic (exact) mass is 426 g/mol. The number of nitrogens with two attached hydrogens (primary N) is 1. The summed E-state index contributed by atoms with van der Waals surface area (Å²) in [4.78, 5) is 29.5. The van der Waals surface area contributed by atoms with E-state index in [1.54, 1.807) is 18.6 Å². The van der Waals surface area contributed by atoms with E-state index >= 15 is 0 Å². The Morgan fingerprint density at radius 3 is 2.66 bits per heavy atom. The molecule has 2 aliphatic heterocycles. The smallest absolute Gasteiger partial charge is 0.365 e. The van der Waals surface area contributed by atoms with E-state index in [-0.39, 0.29) is 0 Å². The van der Waals surface area contributed by atoms with Crippen LogP contribution < -0.4 is 5.73 Å². The number of benzene rings is 2. The fourth-order valence-electron chi connectivity index (χ4n) is 3.80. The van der Waals surface area contributed by atoms with E-state index < -0.39 is 5.97 Å². The quantitative estimate of drug-likeness (QED) is 0.299. The van der Waals surface area contributed by atoms with Crippen LogP contribution in [0.25, 0.3) is 10.8 Å². The molecule has 32 heavy (non-hydrogen) atoms. The molecule has 3 heterocycles. The van der Waals surface area contributed by atoms with Gasteiger partial charge in [-0.05, 0) is 29.0 Å². The number of aliphatic imine (C=N–C) groups is 2. The first-order valence-corrected chi connectivity index (χ1v) is 10.4. The lowest BCUT2D eigenvalue weighted by Crippen LogP contribution is -2.49. The molecule has 5 rings (SSSR count). The third-order valence-electron chi connectivity index (χ3n) is 5.47. The molecule has 0 atom stereocenters. The van der Waals surface area contributed by atoms with Gasteiger partial charge in [0.1, 0.15) is 0 Å². The molecule has 2 aromatic carbocycles. The third-order valence-corrected chi connectivity index (χ3v) is 5.47. The van der Waals surface area contributed by atoms with Crippen molar-refractivity contribution < 1.29 is 9.53 Å². The molecule has 1 saturated heterocycles. The Balaban J connectivity index is 1.29. The zero-order valence-corrected chi connectivity index (χ0v) is 17.4. The van der Waals surface area contributed by atoms with Crippen molar-refractivity contribution in [2.24, 2.45) is 15.7 Å². The van der Waals surface area contributed by atoms with Gasteiger partial charge < -0.3 is 20.3 Å². The van der Waals surface area contributed by atoms with Crippen LogP contribution in [0, 0.1) is 0 Å². The minimum Gasteiger partial charge on any atom is -0.402 e. The SMILES string of the molecule is NC(=Nc1cccnc1)N1CCN(C=C2N=C(c3cccc4ccccc34)OC2=O)CC1. The van der Waals surface area contributed by atoms with Gasteiger partial charge in [-0.2, -0.15) is 0 Å². The summed E-state index contributed by atoms with van der Waals surface area (Å²) in [6, 6.07) is 17.5.